The molecule has 0 saturated heterocycles. The monoisotopic (exact) mass is 275 g/mol. The van der Waals surface area contributed by atoms with Crippen LogP contribution in [-0.2, 0) is 12.7 Å². The summed E-state index contributed by atoms with van der Waals surface area (Å²) in [6, 6.07) is 13.5. The van der Waals surface area contributed by atoms with Crippen molar-refractivity contribution in [3.63, 3.8) is 0 Å². The van der Waals surface area contributed by atoms with Crippen molar-refractivity contribution >= 4 is 10.9 Å². The second-order valence-corrected chi connectivity index (χ2v) is 4.51. The standard InChI is InChI=1S/C15H10F3N2/c16-15(17,18)13-7-5-11(6-8-13)9-20-10-12-3-1-2-4-14(12)19-20/h2-8,10H,9H2. The number of nitrogens with zero attached hydrogens (tertiary/aromatic N) is 2. The number of rotatable bonds is 2. The molecule has 0 fully saturated rings. The van der Waals surface area contributed by atoms with Gasteiger partial charge in [-0.2, -0.15) is 18.3 Å². The molecule has 2 aromatic carbocycles. The van der Waals surface area contributed by atoms with E-state index in [1.807, 2.05) is 18.3 Å². The highest BCUT2D eigenvalue weighted by atomic mass is 19.4. The van der Waals surface area contributed by atoms with Crippen LogP contribution >= 0.6 is 0 Å². The highest BCUT2D eigenvalue weighted by Gasteiger charge is 2.29. The third-order valence-electron chi connectivity index (χ3n) is 3.02. The van der Waals surface area contributed by atoms with E-state index in [-0.39, 0.29) is 0 Å². The molecular formula is C15H10F3N2. The molecule has 0 aliphatic carbocycles. The molecule has 0 bridgehead atoms. The van der Waals surface area contributed by atoms with Gasteiger partial charge in [-0.15, -0.1) is 0 Å². The molecule has 0 aliphatic heterocycles. The molecule has 0 saturated carbocycles. The number of halogens is 3. The molecular weight excluding hydrogens is 265 g/mol. The van der Waals surface area contributed by atoms with Crippen LogP contribution in [0, 0.1) is 6.07 Å². The molecule has 0 spiro atoms. The second-order valence-electron chi connectivity index (χ2n) is 4.51. The zero-order valence-electron chi connectivity index (χ0n) is 10.4. The Kier molecular flexibility index (Phi) is 2.97. The maximum atomic E-state index is 12.5. The molecule has 0 unspecified atom stereocenters. The Bertz CT molecular complexity index is 694. The van der Waals surface area contributed by atoms with Gasteiger partial charge < -0.3 is 0 Å². The van der Waals surface area contributed by atoms with Crippen LogP contribution in [0.1, 0.15) is 11.1 Å². The molecule has 0 aliphatic rings. The number of aromatic nitrogens is 2. The minimum Gasteiger partial charge on any atom is -0.267 e. The summed E-state index contributed by atoms with van der Waals surface area (Å²) in [6.07, 6.45) is -2.45. The molecule has 3 rings (SSSR count). The van der Waals surface area contributed by atoms with Crippen LogP contribution in [0.15, 0.2) is 48.7 Å². The zero-order chi connectivity index (χ0) is 14.2. The van der Waals surface area contributed by atoms with Gasteiger partial charge >= 0.3 is 6.18 Å². The van der Waals surface area contributed by atoms with Crippen molar-refractivity contribution in [1.29, 1.82) is 0 Å². The first-order chi connectivity index (χ1) is 9.52. The fourth-order valence-electron chi connectivity index (χ4n) is 2.02. The van der Waals surface area contributed by atoms with E-state index >= 15 is 0 Å². The fourth-order valence-corrected chi connectivity index (χ4v) is 2.02. The summed E-state index contributed by atoms with van der Waals surface area (Å²) in [7, 11) is 0. The molecule has 1 heterocycles. The number of alkyl halides is 3. The average Bonchev–Trinajstić information content (AvgIpc) is 2.80. The smallest absolute Gasteiger partial charge is 0.267 e. The maximum Gasteiger partial charge on any atom is 0.416 e. The van der Waals surface area contributed by atoms with E-state index in [2.05, 4.69) is 11.2 Å². The van der Waals surface area contributed by atoms with Crippen molar-refractivity contribution in [2.75, 3.05) is 0 Å². The zero-order valence-corrected chi connectivity index (χ0v) is 10.4. The lowest BCUT2D eigenvalue weighted by Crippen LogP contribution is -2.05. The van der Waals surface area contributed by atoms with Gasteiger partial charge in [0.25, 0.3) is 0 Å². The lowest BCUT2D eigenvalue weighted by atomic mass is 10.1. The van der Waals surface area contributed by atoms with Crippen LogP contribution in [0.25, 0.3) is 10.9 Å². The fraction of sp³-hybridized carbons (Fsp3) is 0.133. The Morgan fingerprint density at radius 2 is 1.85 bits per heavy atom. The van der Waals surface area contributed by atoms with Crippen molar-refractivity contribution in [2.24, 2.45) is 0 Å². The summed E-state index contributed by atoms with van der Waals surface area (Å²) in [4.78, 5) is 0. The predicted molar refractivity (Wildman–Crippen MR) is 69.1 cm³/mol. The maximum absolute atomic E-state index is 12.5. The lowest BCUT2D eigenvalue weighted by molar-refractivity contribution is -0.137. The molecule has 101 valence electrons. The van der Waals surface area contributed by atoms with E-state index in [1.54, 1.807) is 10.7 Å². The van der Waals surface area contributed by atoms with Crippen molar-refractivity contribution in [1.82, 2.24) is 9.78 Å². The average molecular weight is 275 g/mol. The minimum absolute atomic E-state index is 0.437. The van der Waals surface area contributed by atoms with E-state index in [9.17, 15) is 13.2 Å². The van der Waals surface area contributed by atoms with E-state index in [4.69, 9.17) is 0 Å². The third-order valence-corrected chi connectivity index (χ3v) is 3.02. The molecule has 1 aromatic heterocycles. The highest BCUT2D eigenvalue weighted by molar-refractivity contribution is 5.77. The Labute approximate surface area is 113 Å². The van der Waals surface area contributed by atoms with E-state index < -0.39 is 11.7 Å². The minimum atomic E-state index is -4.30. The topological polar surface area (TPSA) is 17.8 Å². The molecule has 3 aromatic rings. The van der Waals surface area contributed by atoms with Gasteiger partial charge in [0.2, 0.25) is 0 Å². The van der Waals surface area contributed by atoms with Gasteiger partial charge in [-0.05, 0) is 35.9 Å². The van der Waals surface area contributed by atoms with E-state index in [0.29, 0.717) is 6.54 Å². The number of hydrogen-bond acceptors (Lipinski definition) is 1. The van der Waals surface area contributed by atoms with Gasteiger partial charge in [0, 0.05) is 11.6 Å². The SMILES string of the molecule is FC(F)(F)c1ccc(Cn2cc3c[c]ccc3n2)cc1. The van der Waals surface area contributed by atoms with Gasteiger partial charge in [-0.25, -0.2) is 0 Å². The normalized spacial score (nSPS) is 11.9. The molecule has 0 N–H and O–H groups in total. The van der Waals surface area contributed by atoms with E-state index in [1.165, 1.54) is 12.1 Å². The molecule has 1 radical (unpaired) electrons. The summed E-state index contributed by atoms with van der Waals surface area (Å²) in [5.74, 6) is 0. The third kappa shape index (κ3) is 2.52. The van der Waals surface area contributed by atoms with Gasteiger partial charge in [-0.3, -0.25) is 4.68 Å². The van der Waals surface area contributed by atoms with E-state index in [0.717, 1.165) is 28.6 Å². The number of benzene rings is 2. The summed E-state index contributed by atoms with van der Waals surface area (Å²) < 4.78 is 39.1. The summed E-state index contributed by atoms with van der Waals surface area (Å²) in [5.41, 5.74) is 0.979. The number of fused-ring (bicyclic) bond motifs is 1. The van der Waals surface area contributed by atoms with Crippen LogP contribution < -0.4 is 0 Å². The lowest BCUT2D eigenvalue weighted by Gasteiger charge is -2.07. The summed E-state index contributed by atoms with van der Waals surface area (Å²) >= 11 is 0. The first-order valence-electron chi connectivity index (χ1n) is 6.02. The predicted octanol–water partition coefficient (Wildman–Crippen LogP) is 3.90. The van der Waals surface area contributed by atoms with Crippen molar-refractivity contribution in [3.8, 4) is 0 Å². The van der Waals surface area contributed by atoms with Gasteiger partial charge in [0.05, 0.1) is 17.6 Å². The molecule has 5 heteroatoms. The van der Waals surface area contributed by atoms with Crippen LogP contribution in [0.5, 0.6) is 0 Å². The van der Waals surface area contributed by atoms with Crippen molar-refractivity contribution in [2.45, 2.75) is 12.7 Å². The van der Waals surface area contributed by atoms with Crippen molar-refractivity contribution < 1.29 is 13.2 Å². The van der Waals surface area contributed by atoms with Crippen molar-refractivity contribution in [3.05, 3.63) is 65.9 Å². The first kappa shape index (κ1) is 12.7. The van der Waals surface area contributed by atoms with Crippen LogP contribution in [0.4, 0.5) is 13.2 Å². The second kappa shape index (κ2) is 4.67. The molecule has 0 atom stereocenters. The van der Waals surface area contributed by atoms with Gasteiger partial charge in [-0.1, -0.05) is 18.2 Å². The Morgan fingerprint density at radius 3 is 2.50 bits per heavy atom. The van der Waals surface area contributed by atoms with Gasteiger partial charge in [0.15, 0.2) is 0 Å². The summed E-state index contributed by atoms with van der Waals surface area (Å²) in [5, 5.41) is 5.31. The quantitative estimate of drug-likeness (QED) is 0.693. The molecule has 20 heavy (non-hydrogen) atoms. The van der Waals surface area contributed by atoms with Crippen LogP contribution in [-0.4, -0.2) is 9.78 Å². The highest BCUT2D eigenvalue weighted by Crippen LogP contribution is 2.29. The van der Waals surface area contributed by atoms with Crippen LogP contribution in [0.2, 0.25) is 0 Å². The largest absolute Gasteiger partial charge is 0.416 e. The Balaban J connectivity index is 1.84. The molecule has 2 nitrogen and oxygen atoms in total. The Hall–Kier alpha value is -2.30. The van der Waals surface area contributed by atoms with Crippen LogP contribution in [0.3, 0.4) is 0 Å². The summed E-state index contributed by atoms with van der Waals surface area (Å²) in [6.45, 7) is 0.437. The number of hydrogen-bond donors (Lipinski definition) is 0. The first-order valence-corrected chi connectivity index (χ1v) is 6.02. The molecule has 0 amide bonds. The Morgan fingerprint density at radius 1 is 1.10 bits per heavy atom. The van der Waals surface area contributed by atoms with Gasteiger partial charge in [0.1, 0.15) is 0 Å².